The number of para-hydroxylation sites is 1. The van der Waals surface area contributed by atoms with E-state index in [4.69, 9.17) is 16.3 Å². The number of halogens is 1. The summed E-state index contributed by atoms with van der Waals surface area (Å²) in [5, 5.41) is 0.494. The second kappa shape index (κ2) is 6.44. The van der Waals surface area contributed by atoms with Gasteiger partial charge in [-0.05, 0) is 48.5 Å². The quantitative estimate of drug-likeness (QED) is 0.671. The van der Waals surface area contributed by atoms with Crippen molar-refractivity contribution >= 4 is 21.4 Å². The molecule has 0 saturated carbocycles. The molecule has 0 aliphatic heterocycles. The molecule has 0 N–H and O–H groups in total. The molecule has 0 bridgehead atoms. The summed E-state index contributed by atoms with van der Waals surface area (Å²) in [6.45, 7) is 0. The lowest BCUT2D eigenvalue weighted by molar-refractivity contribution is 0.482. The Morgan fingerprint density at radius 1 is 0.696 bits per heavy atom. The highest BCUT2D eigenvalue weighted by Crippen LogP contribution is 2.30. The van der Waals surface area contributed by atoms with E-state index < -0.39 is 9.84 Å². The average molecular weight is 345 g/mol. The van der Waals surface area contributed by atoms with E-state index in [1.165, 1.54) is 12.1 Å². The van der Waals surface area contributed by atoms with Gasteiger partial charge in [0.2, 0.25) is 9.84 Å². The van der Waals surface area contributed by atoms with E-state index in [2.05, 4.69) is 0 Å². The van der Waals surface area contributed by atoms with Gasteiger partial charge in [0.25, 0.3) is 0 Å². The minimum atomic E-state index is -3.52. The summed E-state index contributed by atoms with van der Waals surface area (Å²) in [5.74, 6) is 1.04. The maximum absolute atomic E-state index is 12.5. The molecule has 0 fully saturated rings. The number of hydrogen-bond donors (Lipinski definition) is 0. The van der Waals surface area contributed by atoms with Crippen molar-refractivity contribution in [1.82, 2.24) is 0 Å². The molecule has 0 atom stereocenters. The van der Waals surface area contributed by atoms with Gasteiger partial charge in [-0.2, -0.15) is 0 Å². The molecule has 0 radical (unpaired) electrons. The van der Waals surface area contributed by atoms with E-state index in [0.29, 0.717) is 16.5 Å². The van der Waals surface area contributed by atoms with Gasteiger partial charge in [-0.1, -0.05) is 41.9 Å². The van der Waals surface area contributed by atoms with Crippen LogP contribution in [0.5, 0.6) is 11.5 Å². The van der Waals surface area contributed by atoms with Gasteiger partial charge in [-0.25, -0.2) is 8.42 Å². The Morgan fingerprint density at radius 3 is 1.91 bits per heavy atom. The highest BCUT2D eigenvalue weighted by molar-refractivity contribution is 7.91. The number of sulfone groups is 1. The van der Waals surface area contributed by atoms with Crippen molar-refractivity contribution in [3.05, 3.63) is 83.9 Å². The largest absolute Gasteiger partial charge is 0.456 e. The molecule has 0 aliphatic carbocycles. The minimum Gasteiger partial charge on any atom is -0.456 e. The zero-order chi connectivity index (χ0) is 16.3. The SMILES string of the molecule is O=S(=O)(c1ccccc1)c1ccc(Oc2ccccc2Cl)cc1. The first-order valence-corrected chi connectivity index (χ1v) is 8.76. The molecule has 3 nitrogen and oxygen atoms in total. The Kier molecular flexibility index (Phi) is 4.37. The van der Waals surface area contributed by atoms with E-state index in [1.54, 1.807) is 54.6 Å². The van der Waals surface area contributed by atoms with Crippen LogP contribution in [0.1, 0.15) is 0 Å². The van der Waals surface area contributed by atoms with Crippen molar-refractivity contribution in [1.29, 1.82) is 0 Å². The predicted octanol–water partition coefficient (Wildman–Crippen LogP) is 4.97. The molecule has 0 saturated heterocycles. The number of benzene rings is 3. The smallest absolute Gasteiger partial charge is 0.206 e. The fourth-order valence-corrected chi connectivity index (χ4v) is 3.53. The van der Waals surface area contributed by atoms with Gasteiger partial charge in [0, 0.05) is 0 Å². The molecule has 0 spiro atoms. The summed E-state index contributed by atoms with van der Waals surface area (Å²) in [5.41, 5.74) is 0. The van der Waals surface area contributed by atoms with E-state index in [1.807, 2.05) is 12.1 Å². The predicted molar refractivity (Wildman–Crippen MR) is 89.9 cm³/mol. The van der Waals surface area contributed by atoms with Crippen LogP contribution < -0.4 is 4.74 Å². The molecule has 0 unspecified atom stereocenters. The van der Waals surface area contributed by atoms with Gasteiger partial charge >= 0.3 is 0 Å². The van der Waals surface area contributed by atoms with Crippen LogP contribution >= 0.6 is 11.6 Å². The first kappa shape index (κ1) is 15.6. The molecule has 116 valence electrons. The van der Waals surface area contributed by atoms with E-state index in [-0.39, 0.29) is 9.79 Å². The van der Waals surface area contributed by atoms with Crippen LogP contribution in [-0.4, -0.2) is 8.42 Å². The fraction of sp³-hybridized carbons (Fsp3) is 0. The Hall–Kier alpha value is -2.30. The van der Waals surface area contributed by atoms with Crippen LogP contribution in [0.15, 0.2) is 88.7 Å². The number of rotatable bonds is 4. The van der Waals surface area contributed by atoms with Crippen molar-refractivity contribution in [3.8, 4) is 11.5 Å². The fourth-order valence-electron chi connectivity index (χ4n) is 2.08. The van der Waals surface area contributed by atoms with Crippen LogP contribution in [0, 0.1) is 0 Å². The lowest BCUT2D eigenvalue weighted by Crippen LogP contribution is -2.01. The minimum absolute atomic E-state index is 0.218. The van der Waals surface area contributed by atoms with Crippen molar-refractivity contribution in [2.24, 2.45) is 0 Å². The summed E-state index contributed by atoms with van der Waals surface area (Å²) >= 11 is 6.04. The zero-order valence-electron chi connectivity index (χ0n) is 12.0. The first-order valence-electron chi connectivity index (χ1n) is 6.90. The van der Waals surface area contributed by atoms with Crippen LogP contribution in [0.2, 0.25) is 5.02 Å². The molecule has 3 rings (SSSR count). The second-order valence-electron chi connectivity index (χ2n) is 4.82. The number of ether oxygens (including phenoxy) is 1. The lowest BCUT2D eigenvalue weighted by atomic mass is 10.3. The first-order chi connectivity index (χ1) is 11.1. The summed E-state index contributed by atoms with van der Waals surface area (Å²) in [6, 6.07) is 21.7. The summed E-state index contributed by atoms with van der Waals surface area (Å²) < 4.78 is 30.6. The van der Waals surface area contributed by atoms with Crippen LogP contribution in [-0.2, 0) is 9.84 Å². The van der Waals surface area contributed by atoms with Gasteiger partial charge in [0.1, 0.15) is 11.5 Å². The summed E-state index contributed by atoms with van der Waals surface area (Å²) in [6.07, 6.45) is 0. The Bertz CT molecular complexity index is 905. The summed E-state index contributed by atoms with van der Waals surface area (Å²) in [7, 11) is -3.52. The normalized spacial score (nSPS) is 11.2. The van der Waals surface area contributed by atoms with Gasteiger partial charge in [0.05, 0.1) is 14.8 Å². The standard InChI is InChI=1S/C18H13ClO3S/c19-17-8-4-5-9-18(17)22-14-10-12-16(13-11-14)23(20,21)15-6-2-1-3-7-15/h1-13H. The average Bonchev–Trinajstić information content (AvgIpc) is 2.58. The molecule has 0 aromatic heterocycles. The van der Waals surface area contributed by atoms with E-state index in [0.717, 1.165) is 0 Å². The Labute approximate surface area is 140 Å². The highest BCUT2D eigenvalue weighted by atomic mass is 35.5. The molecule has 3 aromatic rings. The third-order valence-corrected chi connectivity index (χ3v) is 5.35. The van der Waals surface area contributed by atoms with Crippen LogP contribution in [0.3, 0.4) is 0 Å². The van der Waals surface area contributed by atoms with E-state index in [9.17, 15) is 8.42 Å². The topological polar surface area (TPSA) is 43.4 Å². The molecular formula is C18H13ClO3S. The Balaban J connectivity index is 1.87. The molecule has 0 amide bonds. The van der Waals surface area contributed by atoms with Crippen molar-refractivity contribution in [3.63, 3.8) is 0 Å². The molecule has 0 aliphatic rings. The maximum Gasteiger partial charge on any atom is 0.206 e. The molecule has 5 heteroatoms. The number of hydrogen-bond acceptors (Lipinski definition) is 3. The third kappa shape index (κ3) is 3.38. The summed E-state index contributed by atoms with van der Waals surface area (Å²) in [4.78, 5) is 0.481. The van der Waals surface area contributed by atoms with Gasteiger partial charge in [0.15, 0.2) is 0 Å². The van der Waals surface area contributed by atoms with E-state index >= 15 is 0 Å². The van der Waals surface area contributed by atoms with Crippen LogP contribution in [0.25, 0.3) is 0 Å². The van der Waals surface area contributed by atoms with Gasteiger partial charge in [-0.15, -0.1) is 0 Å². The van der Waals surface area contributed by atoms with Crippen molar-refractivity contribution < 1.29 is 13.2 Å². The van der Waals surface area contributed by atoms with Crippen molar-refractivity contribution in [2.45, 2.75) is 9.79 Å². The van der Waals surface area contributed by atoms with Crippen LogP contribution in [0.4, 0.5) is 0 Å². The molecule has 0 heterocycles. The highest BCUT2D eigenvalue weighted by Gasteiger charge is 2.17. The third-order valence-electron chi connectivity index (χ3n) is 3.25. The van der Waals surface area contributed by atoms with Crippen molar-refractivity contribution in [2.75, 3.05) is 0 Å². The lowest BCUT2D eigenvalue weighted by Gasteiger charge is -2.09. The van der Waals surface area contributed by atoms with Gasteiger partial charge in [-0.3, -0.25) is 0 Å². The zero-order valence-corrected chi connectivity index (χ0v) is 13.6. The monoisotopic (exact) mass is 344 g/mol. The molecule has 23 heavy (non-hydrogen) atoms. The Morgan fingerprint density at radius 2 is 1.26 bits per heavy atom. The van der Waals surface area contributed by atoms with Gasteiger partial charge < -0.3 is 4.74 Å². The maximum atomic E-state index is 12.5. The molecular weight excluding hydrogens is 332 g/mol. The molecule has 3 aromatic carbocycles. The second-order valence-corrected chi connectivity index (χ2v) is 7.18.